The molecule has 10 nitrogen and oxygen atoms in total. The Morgan fingerprint density at radius 3 is 1.48 bits per heavy atom. The Hall–Kier alpha value is 2.87. The third-order valence-electron chi connectivity index (χ3n) is 6.52. The van der Waals surface area contributed by atoms with Crippen molar-refractivity contribution in [3.8, 4) is 11.5 Å². The fraction of sp³-hybridized carbons (Fsp3) is 0.395. The first-order valence-electron chi connectivity index (χ1n) is 14.1. The van der Waals surface area contributed by atoms with Gasteiger partial charge in [-0.05, 0) is 37.9 Å². The summed E-state index contributed by atoms with van der Waals surface area (Å²) in [6.45, 7) is 19.0. The van der Waals surface area contributed by atoms with Crippen molar-refractivity contribution in [2.75, 3.05) is 41.8 Å². The molecule has 2 heterocycles. The molecular weight excluding hydrogens is 1850 g/mol. The van der Waals surface area contributed by atoms with Crippen LogP contribution in [0.4, 0.5) is 0 Å². The van der Waals surface area contributed by atoms with Crippen molar-refractivity contribution in [3.63, 3.8) is 0 Å². The Morgan fingerprint density at radius 2 is 1.16 bits per heavy atom. The van der Waals surface area contributed by atoms with Crippen LogP contribution >= 0.6 is 67.5 Å². The van der Waals surface area contributed by atoms with E-state index in [1.165, 1.54) is 28.4 Å². The topological polar surface area (TPSA) is 121 Å². The number of hydrogen-bond donors (Lipinski definition) is 2. The van der Waals surface area contributed by atoms with E-state index in [1.807, 2.05) is 20.3 Å². The van der Waals surface area contributed by atoms with Gasteiger partial charge < -0.3 is 90.2 Å². The number of benzene rings is 2. The van der Waals surface area contributed by atoms with Crippen LogP contribution in [0.3, 0.4) is 0 Å². The number of carbonyl (C=O) groups is 2. The number of hydrogen-bond acceptors (Lipinski definition) is 8. The van der Waals surface area contributed by atoms with Crippen molar-refractivity contribution < 1.29 is 163 Å². The summed E-state index contributed by atoms with van der Waals surface area (Å²) in [5, 5.41) is 20.6. The third-order valence-corrected chi connectivity index (χ3v) is 8.17. The van der Waals surface area contributed by atoms with Crippen LogP contribution in [-0.4, -0.2) is 73.1 Å². The van der Waals surface area contributed by atoms with Crippen molar-refractivity contribution >= 4 is 101 Å². The minimum absolute atomic E-state index is 0. The van der Waals surface area contributed by atoms with Crippen LogP contribution in [0, 0.1) is 172 Å². The number of fused-ring (bicyclic) bond motifs is 2. The molecule has 58 heavy (non-hydrogen) atoms. The average molecular weight is 1920 g/mol. The smallest absolute Gasteiger partial charge is 0.522 e. The second-order valence-corrected chi connectivity index (χ2v) is 11.8. The average Bonchev–Trinajstić information content (AvgIpc) is 3.65. The predicted octanol–water partition coefficient (Wildman–Crippen LogP) is 11.0. The van der Waals surface area contributed by atoms with Gasteiger partial charge in [0.25, 0.3) is 0 Å². The maximum Gasteiger partial charge on any atom is 2.00 e. The molecule has 330 valence electrons. The molecule has 0 spiro atoms. The van der Waals surface area contributed by atoms with Gasteiger partial charge in [-0.3, -0.25) is 8.58 Å². The second kappa shape index (κ2) is 49.3. The zero-order valence-electron chi connectivity index (χ0n) is 32.5. The zero-order chi connectivity index (χ0) is 38.6. The maximum atomic E-state index is 11.8. The summed E-state index contributed by atoms with van der Waals surface area (Å²) in [6, 6.07) is 6.54. The molecule has 4 aromatic rings. The summed E-state index contributed by atoms with van der Waals surface area (Å²) in [7, 11) is 15.3. The number of carbonyl (C=O) groups excluding carboxylic acids is 2. The van der Waals surface area contributed by atoms with Gasteiger partial charge in [0.15, 0.2) is 0 Å². The van der Waals surface area contributed by atoms with Gasteiger partial charge in [-0.15, -0.1) is 26.3 Å². The number of aromatic nitrogens is 2. The molecule has 3 atom stereocenters. The van der Waals surface area contributed by atoms with Gasteiger partial charge in [0.1, 0.15) is 17.1 Å². The summed E-state index contributed by atoms with van der Waals surface area (Å²) in [4.78, 5) is 23.5. The van der Waals surface area contributed by atoms with Gasteiger partial charge >= 0.3 is 74.2 Å². The minimum Gasteiger partial charge on any atom is -0.522 e. The molecule has 2 aromatic carbocycles. The van der Waals surface area contributed by atoms with Crippen molar-refractivity contribution in [2.24, 2.45) is 14.1 Å². The molecule has 0 bridgehead atoms. The fourth-order valence-corrected chi connectivity index (χ4v) is 5.90. The first-order chi connectivity index (χ1) is 23.3. The normalized spacial score (nSPS) is 8.33. The molecule has 0 radical (unpaired) electrons. The maximum absolute atomic E-state index is 11.8. The summed E-state index contributed by atoms with van der Waals surface area (Å²) in [6.07, 6.45) is 0. The van der Waals surface area contributed by atoms with Crippen LogP contribution in [0.25, 0.3) is 21.8 Å². The molecule has 0 saturated carbocycles. The minimum atomic E-state index is -0.424. The monoisotopic (exact) mass is 1910 g/mol. The van der Waals surface area contributed by atoms with E-state index in [2.05, 4.69) is 83.1 Å². The van der Waals surface area contributed by atoms with E-state index < -0.39 is 11.9 Å². The van der Waals surface area contributed by atoms with Crippen LogP contribution in [0.1, 0.15) is 67.4 Å². The predicted molar refractivity (Wildman–Crippen MR) is 255 cm³/mol. The third kappa shape index (κ3) is 23.9. The van der Waals surface area contributed by atoms with Crippen molar-refractivity contribution in [3.05, 3.63) is 89.3 Å². The molecule has 4 rings (SSSR count). The van der Waals surface area contributed by atoms with Gasteiger partial charge in [-0.1, -0.05) is 67.1 Å². The number of halogens is 2. The van der Waals surface area contributed by atoms with Crippen LogP contribution in [0.15, 0.2) is 21.1 Å². The summed E-state index contributed by atoms with van der Waals surface area (Å²) in [5.74, 6) is 0.192. The molecule has 20 heteroatoms. The van der Waals surface area contributed by atoms with E-state index in [-0.39, 0.29) is 175 Å². The SMILES string of the molecule is C.C.C.C.COC(=O)c1cc2c(Br)c(CO)c(OC)c(Br)c2n1C.COC(=O)c1cc2c(C)c(CO)c(OC)[c-]c2n1C.CP.[CH2-]P.[CH2-]PC.[CH2-]P[CH2-].[CH3-].[U+2].[U+2].[U].[U]. The Bertz CT molecular complexity index is 1650. The number of aliphatic hydroxyl groups excluding tert-OH is 2. The molecular formula is C38H68Br2N2O8P4U4-2. The van der Waals surface area contributed by atoms with Gasteiger partial charge in [0, 0.05) is 104 Å². The molecule has 2 N–H and O–H groups in total. The zero-order valence-corrected chi connectivity index (χ0v) is 56.7. The number of aliphatic hydroxyl groups is 2. The van der Waals surface area contributed by atoms with E-state index in [4.69, 9.17) is 18.9 Å². The van der Waals surface area contributed by atoms with Gasteiger partial charge in [0.2, 0.25) is 0 Å². The number of aryl methyl sites for hydroxylation is 3. The standard InChI is InChI=1S/C14H16NO4.C13H13Br2NO4.C2H6P.C2H5P.CH5P.CH4P.4CH4.CH3.4U/c1-8-9-5-12(14(17)19-4)15(2)11(9)6-13(18-3)10(8)7-16;1-16-8(13(18)20-3)4-6-9(14)7(5-17)12(19-2)10(15)11(6)16;2*1-3-2;2*1-2;;;;;;;;;/h5,16H,7H2,1-4H3;4,17H,5H2,1-3H3;3H,1H2,2H3;3H,1-2H2;2H2,1H3;1-2H2;4*1H4;1H3;;;;/q-1;;-1;-2;;-1;;;;;-1;;;2*+2. The molecule has 0 aliphatic heterocycles. The number of rotatable bonds is 6. The van der Waals surface area contributed by atoms with Crippen molar-refractivity contribution in [2.45, 2.75) is 49.8 Å². The molecule has 0 saturated heterocycles. The van der Waals surface area contributed by atoms with Crippen LogP contribution in [-0.2, 0) is 36.8 Å². The molecule has 0 amide bonds. The number of methoxy groups -OCH3 is 4. The summed E-state index contributed by atoms with van der Waals surface area (Å²) in [5.41, 5.74) is 4.55. The van der Waals surface area contributed by atoms with E-state index in [1.54, 1.807) is 35.4 Å². The van der Waals surface area contributed by atoms with E-state index in [0.717, 1.165) is 35.9 Å². The van der Waals surface area contributed by atoms with E-state index in [9.17, 15) is 19.8 Å². The largest absolute Gasteiger partial charge is 2.00 e. The van der Waals surface area contributed by atoms with Gasteiger partial charge in [-0.25, -0.2) is 9.59 Å². The van der Waals surface area contributed by atoms with E-state index in [0.29, 0.717) is 51.5 Å². The molecule has 0 aliphatic carbocycles. The first-order valence-corrected chi connectivity index (χ1v) is 20.7. The molecule has 2 aromatic heterocycles. The van der Waals surface area contributed by atoms with Gasteiger partial charge in [-0.2, -0.15) is 0 Å². The Balaban J connectivity index is -0.0000000613. The van der Waals surface area contributed by atoms with Crippen LogP contribution < -0.4 is 9.47 Å². The van der Waals surface area contributed by atoms with E-state index >= 15 is 0 Å². The van der Waals surface area contributed by atoms with Crippen LogP contribution in [0.2, 0.25) is 0 Å². The summed E-state index contributed by atoms with van der Waals surface area (Å²) >= 11 is 6.93. The van der Waals surface area contributed by atoms with Crippen molar-refractivity contribution in [1.29, 1.82) is 0 Å². The summed E-state index contributed by atoms with van der Waals surface area (Å²) < 4.78 is 24.9. The molecule has 0 aliphatic rings. The quantitative estimate of drug-likeness (QED) is 0.111. The van der Waals surface area contributed by atoms with Gasteiger partial charge in [0.05, 0.1) is 45.0 Å². The van der Waals surface area contributed by atoms with Crippen molar-refractivity contribution in [1.82, 2.24) is 9.13 Å². The van der Waals surface area contributed by atoms with Crippen LogP contribution in [0.5, 0.6) is 11.5 Å². The number of esters is 2. The Kier molecular flexibility index (Phi) is 74.6. The number of nitrogens with zero attached hydrogens (tertiary/aromatic N) is 2. The Morgan fingerprint density at radius 1 is 0.793 bits per heavy atom. The molecule has 0 fully saturated rings. The first kappa shape index (κ1) is 87.7. The molecule has 3 unspecified atom stereocenters. The second-order valence-electron chi connectivity index (χ2n) is 9.01. The fourth-order valence-electron chi connectivity index (χ4n) is 4.41. The number of ether oxygens (including phenoxy) is 4. The Labute approximate surface area is 473 Å².